The largest absolute Gasteiger partial charge is 0.389 e. The number of likely N-dealkylation sites (N-methyl/N-ethyl adjacent to an activating group) is 1. The Morgan fingerprint density at radius 1 is 1.23 bits per heavy atom. The molecule has 1 saturated heterocycles. The van der Waals surface area contributed by atoms with E-state index in [1.54, 1.807) is 0 Å². The lowest BCUT2D eigenvalue weighted by Gasteiger charge is -2.34. The van der Waals surface area contributed by atoms with Crippen LogP contribution in [0.15, 0.2) is 24.3 Å². The predicted octanol–water partition coefficient (Wildman–Crippen LogP) is 1.69. The van der Waals surface area contributed by atoms with Crippen molar-refractivity contribution in [2.45, 2.75) is 31.5 Å². The topological polar surface area (TPSA) is 35.9 Å². The average molecular weight is 304 g/mol. The zero-order valence-electron chi connectivity index (χ0n) is 13.6. The second-order valence-electron chi connectivity index (χ2n) is 6.67. The highest BCUT2D eigenvalue weighted by Gasteiger charge is 2.22. The lowest BCUT2D eigenvalue weighted by molar-refractivity contribution is -0.0315. The summed E-state index contributed by atoms with van der Waals surface area (Å²) in [7, 11) is 2.15. The Hall–Kier alpha value is -0.940. The fraction of sp³-hybridized carbons (Fsp3) is 0.667. The van der Waals surface area contributed by atoms with Crippen molar-refractivity contribution in [1.82, 2.24) is 9.80 Å². The number of β-amino-alcohol motifs (C(OH)–C–C–N with tert-alkyl or cyclic N) is 1. The lowest BCUT2D eigenvalue weighted by atomic mass is 9.89. The molecule has 1 fully saturated rings. The summed E-state index contributed by atoms with van der Waals surface area (Å²) >= 11 is 0. The minimum absolute atomic E-state index is 0.159. The van der Waals surface area contributed by atoms with E-state index in [1.165, 1.54) is 17.5 Å². The predicted molar refractivity (Wildman–Crippen MR) is 88.0 cm³/mol. The van der Waals surface area contributed by atoms with Crippen molar-refractivity contribution < 1.29 is 9.84 Å². The molecule has 0 amide bonds. The molecule has 0 bridgehead atoms. The molecule has 122 valence electrons. The average Bonchev–Trinajstić information content (AvgIpc) is 2.55. The number of aliphatic hydroxyl groups excluding tert-OH is 1. The number of benzene rings is 1. The summed E-state index contributed by atoms with van der Waals surface area (Å²) in [5, 5.41) is 10.3. The van der Waals surface area contributed by atoms with Crippen LogP contribution in [0.2, 0.25) is 0 Å². The van der Waals surface area contributed by atoms with E-state index in [1.807, 2.05) is 0 Å². The molecule has 0 spiro atoms. The number of nitrogens with zero attached hydrogens (tertiary/aromatic N) is 2. The maximum atomic E-state index is 10.3. The van der Waals surface area contributed by atoms with Crippen molar-refractivity contribution in [3.05, 3.63) is 35.4 Å². The molecule has 4 nitrogen and oxygen atoms in total. The molecule has 1 aromatic carbocycles. The summed E-state index contributed by atoms with van der Waals surface area (Å²) < 4.78 is 6.05. The molecule has 1 aromatic rings. The number of aryl methyl sites for hydroxylation is 1. The van der Waals surface area contributed by atoms with Crippen LogP contribution in [0, 0.1) is 0 Å². The molecule has 0 unspecified atom stereocenters. The second-order valence-corrected chi connectivity index (χ2v) is 6.67. The van der Waals surface area contributed by atoms with Crippen LogP contribution in [0.1, 0.15) is 30.1 Å². The highest BCUT2D eigenvalue weighted by atomic mass is 16.5. The highest BCUT2D eigenvalue weighted by molar-refractivity contribution is 5.31. The fourth-order valence-corrected chi connectivity index (χ4v) is 3.49. The molecule has 22 heavy (non-hydrogen) atoms. The molecule has 4 heteroatoms. The molecule has 1 aliphatic heterocycles. The Morgan fingerprint density at radius 3 is 2.82 bits per heavy atom. The Morgan fingerprint density at radius 2 is 2.00 bits per heavy atom. The molecule has 0 saturated carbocycles. The molecule has 0 radical (unpaired) electrons. The van der Waals surface area contributed by atoms with Crippen LogP contribution in [-0.4, -0.2) is 67.4 Å². The van der Waals surface area contributed by atoms with E-state index in [4.69, 9.17) is 4.74 Å². The molecular weight excluding hydrogens is 276 g/mol. The SMILES string of the molecule is CN1CCN(C[C@H](O)CO[C@H]2CCCc3ccccc32)CC1. The first-order valence-corrected chi connectivity index (χ1v) is 8.51. The number of hydrogen-bond donors (Lipinski definition) is 1. The minimum atomic E-state index is -0.391. The van der Waals surface area contributed by atoms with Gasteiger partial charge in [-0.05, 0) is 37.4 Å². The van der Waals surface area contributed by atoms with Crippen molar-refractivity contribution in [3.8, 4) is 0 Å². The number of fused-ring (bicyclic) bond motifs is 1. The van der Waals surface area contributed by atoms with Crippen LogP contribution >= 0.6 is 0 Å². The van der Waals surface area contributed by atoms with Crippen LogP contribution in [0.25, 0.3) is 0 Å². The Balaban J connectivity index is 1.46. The van der Waals surface area contributed by atoms with Crippen LogP contribution in [-0.2, 0) is 11.2 Å². The number of ether oxygens (including phenoxy) is 1. The Kier molecular flexibility index (Phi) is 5.47. The van der Waals surface area contributed by atoms with E-state index >= 15 is 0 Å². The third kappa shape index (κ3) is 4.07. The summed E-state index contributed by atoms with van der Waals surface area (Å²) in [5.41, 5.74) is 2.73. The summed E-state index contributed by atoms with van der Waals surface area (Å²) in [6.07, 6.45) is 3.17. The fourth-order valence-electron chi connectivity index (χ4n) is 3.49. The number of rotatable bonds is 5. The van der Waals surface area contributed by atoms with Gasteiger partial charge in [0, 0.05) is 32.7 Å². The molecule has 2 atom stereocenters. The van der Waals surface area contributed by atoms with Crippen molar-refractivity contribution in [1.29, 1.82) is 0 Å². The molecule has 2 aliphatic rings. The van der Waals surface area contributed by atoms with E-state index < -0.39 is 6.10 Å². The number of aliphatic hydroxyl groups is 1. The van der Waals surface area contributed by atoms with Crippen LogP contribution in [0.3, 0.4) is 0 Å². The number of piperazine rings is 1. The van der Waals surface area contributed by atoms with Crippen molar-refractivity contribution in [2.24, 2.45) is 0 Å². The van der Waals surface area contributed by atoms with Crippen molar-refractivity contribution in [3.63, 3.8) is 0 Å². The van der Waals surface area contributed by atoms with Gasteiger partial charge in [0.15, 0.2) is 0 Å². The van der Waals surface area contributed by atoms with E-state index in [0.29, 0.717) is 6.61 Å². The molecule has 1 heterocycles. The lowest BCUT2D eigenvalue weighted by Crippen LogP contribution is -2.47. The molecule has 0 aromatic heterocycles. The van der Waals surface area contributed by atoms with Crippen molar-refractivity contribution in [2.75, 3.05) is 46.4 Å². The van der Waals surface area contributed by atoms with Crippen molar-refractivity contribution >= 4 is 0 Å². The standard InChI is InChI=1S/C18H28N2O2/c1-19-9-11-20(12-10-19)13-16(21)14-22-18-8-4-6-15-5-2-3-7-17(15)18/h2-3,5,7,16,18,21H,4,6,8-14H2,1H3/t16-,18-/m0/s1. The van der Waals surface area contributed by atoms with Gasteiger partial charge in [0.25, 0.3) is 0 Å². The third-order valence-electron chi connectivity index (χ3n) is 4.87. The Labute approximate surface area is 133 Å². The summed E-state index contributed by atoms with van der Waals surface area (Å²) in [6, 6.07) is 8.56. The van der Waals surface area contributed by atoms with Crippen LogP contribution in [0.5, 0.6) is 0 Å². The van der Waals surface area contributed by atoms with Gasteiger partial charge in [0.05, 0.1) is 18.8 Å². The smallest absolute Gasteiger partial charge is 0.0900 e. The van der Waals surface area contributed by atoms with E-state index in [-0.39, 0.29) is 6.10 Å². The first kappa shape index (κ1) is 15.9. The van der Waals surface area contributed by atoms with Crippen LogP contribution < -0.4 is 0 Å². The first-order chi connectivity index (χ1) is 10.7. The maximum absolute atomic E-state index is 10.3. The molecule has 1 N–H and O–H groups in total. The van der Waals surface area contributed by atoms with Gasteiger partial charge in [0.2, 0.25) is 0 Å². The molecule has 1 aliphatic carbocycles. The zero-order chi connectivity index (χ0) is 15.4. The Bertz CT molecular complexity index is 472. The minimum Gasteiger partial charge on any atom is -0.389 e. The normalized spacial score (nSPS) is 24.9. The quantitative estimate of drug-likeness (QED) is 0.898. The van der Waals surface area contributed by atoms with Gasteiger partial charge in [-0.3, -0.25) is 4.90 Å². The van der Waals surface area contributed by atoms with E-state index in [0.717, 1.165) is 45.6 Å². The van der Waals surface area contributed by atoms with Gasteiger partial charge in [-0.2, -0.15) is 0 Å². The van der Waals surface area contributed by atoms with Gasteiger partial charge in [-0.25, -0.2) is 0 Å². The highest BCUT2D eigenvalue weighted by Crippen LogP contribution is 2.32. The summed E-state index contributed by atoms with van der Waals surface area (Å²) in [4.78, 5) is 4.67. The van der Waals surface area contributed by atoms with E-state index in [9.17, 15) is 5.11 Å². The van der Waals surface area contributed by atoms with Gasteiger partial charge >= 0.3 is 0 Å². The second kappa shape index (κ2) is 7.55. The zero-order valence-corrected chi connectivity index (χ0v) is 13.6. The van der Waals surface area contributed by atoms with Crippen LogP contribution in [0.4, 0.5) is 0 Å². The van der Waals surface area contributed by atoms with Gasteiger partial charge in [0.1, 0.15) is 0 Å². The van der Waals surface area contributed by atoms with Gasteiger partial charge in [-0.15, -0.1) is 0 Å². The summed E-state index contributed by atoms with van der Waals surface area (Å²) in [5.74, 6) is 0. The first-order valence-electron chi connectivity index (χ1n) is 8.51. The van der Waals surface area contributed by atoms with Gasteiger partial charge in [-0.1, -0.05) is 24.3 Å². The summed E-state index contributed by atoms with van der Waals surface area (Å²) in [6.45, 7) is 5.42. The van der Waals surface area contributed by atoms with Gasteiger partial charge < -0.3 is 14.7 Å². The third-order valence-corrected chi connectivity index (χ3v) is 4.87. The maximum Gasteiger partial charge on any atom is 0.0900 e. The molecular formula is C18H28N2O2. The molecule has 3 rings (SSSR count). The number of hydrogen-bond acceptors (Lipinski definition) is 4. The van der Waals surface area contributed by atoms with E-state index in [2.05, 4.69) is 41.1 Å². The monoisotopic (exact) mass is 304 g/mol.